The summed E-state index contributed by atoms with van der Waals surface area (Å²) in [5, 5.41) is 1.25. The molecule has 0 unspecified atom stereocenters. The molecular formula is C18H19N2OS+. The summed E-state index contributed by atoms with van der Waals surface area (Å²) in [6.45, 7) is 3.14. The van der Waals surface area contributed by atoms with Crippen molar-refractivity contribution in [3.63, 3.8) is 0 Å². The third-order valence-electron chi connectivity index (χ3n) is 3.51. The van der Waals surface area contributed by atoms with E-state index in [0.717, 1.165) is 12.2 Å². The summed E-state index contributed by atoms with van der Waals surface area (Å²) in [7, 11) is 1.66. The average Bonchev–Trinajstić information content (AvgIpc) is 2.92. The molecule has 0 atom stereocenters. The highest BCUT2D eigenvalue weighted by Crippen LogP contribution is 2.45. The van der Waals surface area contributed by atoms with Gasteiger partial charge in [0, 0.05) is 34.4 Å². The smallest absolute Gasteiger partial charge is 0.257 e. The Morgan fingerprint density at radius 1 is 1.18 bits per heavy atom. The molecule has 0 saturated heterocycles. The van der Waals surface area contributed by atoms with E-state index < -0.39 is 0 Å². The molecule has 0 aliphatic carbocycles. The summed E-state index contributed by atoms with van der Waals surface area (Å²) >= 11 is 1.81. The van der Waals surface area contributed by atoms with Crippen LogP contribution < -0.4 is 14.5 Å². The first-order chi connectivity index (χ1) is 10.8. The van der Waals surface area contributed by atoms with Crippen molar-refractivity contribution in [1.29, 1.82) is 0 Å². The van der Waals surface area contributed by atoms with Crippen LogP contribution in [0.5, 0.6) is 0 Å². The van der Waals surface area contributed by atoms with Gasteiger partial charge < -0.3 is 4.90 Å². The Bertz CT molecular complexity index is 725. The van der Waals surface area contributed by atoms with Crippen molar-refractivity contribution < 1.29 is 9.57 Å². The number of pyridine rings is 1. The molecule has 2 aromatic rings. The molecule has 0 radical (unpaired) electrons. The first-order valence-corrected chi connectivity index (χ1v) is 8.13. The average molecular weight is 311 g/mol. The van der Waals surface area contributed by atoms with E-state index in [1.165, 1.54) is 15.6 Å². The Balaban J connectivity index is 1.83. The van der Waals surface area contributed by atoms with Gasteiger partial charge in [-0.2, -0.15) is 0 Å². The molecule has 22 heavy (non-hydrogen) atoms. The van der Waals surface area contributed by atoms with Gasteiger partial charge in [0.05, 0.1) is 10.7 Å². The number of hydrogen-bond donors (Lipinski definition) is 0. The molecule has 1 aliphatic heterocycles. The fourth-order valence-corrected chi connectivity index (χ4v) is 3.61. The number of fused-ring (bicyclic) bond motifs is 1. The molecule has 0 spiro atoms. The molecule has 3 nitrogen and oxygen atoms in total. The van der Waals surface area contributed by atoms with Crippen LogP contribution in [0.25, 0.3) is 6.08 Å². The molecule has 0 amide bonds. The number of nitrogens with zero attached hydrogens (tertiary/aromatic N) is 2. The largest absolute Gasteiger partial charge is 0.335 e. The number of allylic oxidation sites excluding steroid dienone is 2. The summed E-state index contributed by atoms with van der Waals surface area (Å²) in [4.78, 5) is 8.94. The maximum Gasteiger partial charge on any atom is 0.257 e. The normalized spacial score (nSPS) is 15.5. The fourth-order valence-electron chi connectivity index (χ4n) is 2.47. The molecule has 3 rings (SSSR count). The van der Waals surface area contributed by atoms with Gasteiger partial charge in [-0.15, -0.1) is 0 Å². The number of para-hydroxylation sites is 1. The van der Waals surface area contributed by atoms with Gasteiger partial charge in [0.15, 0.2) is 0 Å². The van der Waals surface area contributed by atoms with Crippen LogP contribution >= 0.6 is 11.8 Å². The van der Waals surface area contributed by atoms with E-state index in [-0.39, 0.29) is 0 Å². The zero-order chi connectivity index (χ0) is 15.4. The highest BCUT2D eigenvalue weighted by Gasteiger charge is 2.22. The third-order valence-corrected chi connectivity index (χ3v) is 4.64. The second-order valence-electron chi connectivity index (χ2n) is 4.81. The topological polar surface area (TPSA) is 16.4 Å². The van der Waals surface area contributed by atoms with Crippen molar-refractivity contribution in [2.24, 2.45) is 0 Å². The van der Waals surface area contributed by atoms with E-state index in [4.69, 9.17) is 4.84 Å². The molecule has 1 aromatic carbocycles. The minimum atomic E-state index is 0.965. The number of benzene rings is 1. The van der Waals surface area contributed by atoms with E-state index in [9.17, 15) is 0 Å². The molecule has 0 fully saturated rings. The number of rotatable bonds is 4. The summed E-state index contributed by atoms with van der Waals surface area (Å²) in [6, 6.07) is 14.5. The quantitative estimate of drug-likeness (QED) is 0.804. The molecule has 4 heteroatoms. The van der Waals surface area contributed by atoms with Gasteiger partial charge in [-0.05, 0) is 31.2 Å². The number of aromatic nitrogens is 1. The van der Waals surface area contributed by atoms with Gasteiger partial charge in [-0.25, -0.2) is 0 Å². The predicted octanol–water partition coefficient (Wildman–Crippen LogP) is 3.52. The summed E-state index contributed by atoms with van der Waals surface area (Å²) in [6.07, 6.45) is 8.17. The zero-order valence-electron chi connectivity index (χ0n) is 12.8. The van der Waals surface area contributed by atoms with Crippen molar-refractivity contribution in [2.75, 3.05) is 18.6 Å². The second kappa shape index (κ2) is 6.71. The maximum absolute atomic E-state index is 5.29. The molecule has 1 aromatic heterocycles. The van der Waals surface area contributed by atoms with Crippen LogP contribution in [0.1, 0.15) is 12.6 Å². The van der Waals surface area contributed by atoms with E-state index in [1.54, 1.807) is 11.8 Å². The van der Waals surface area contributed by atoms with Crippen molar-refractivity contribution in [3.8, 4) is 0 Å². The van der Waals surface area contributed by atoms with Crippen molar-refractivity contribution in [1.82, 2.24) is 0 Å². The maximum atomic E-state index is 5.29. The van der Waals surface area contributed by atoms with Crippen molar-refractivity contribution in [3.05, 3.63) is 71.5 Å². The minimum Gasteiger partial charge on any atom is -0.335 e. The standard InChI is InChI=1S/C18H19N2OS/c1-3-19-16-11-4-5-12-17(16)22-18(19)13-8-10-15-9-6-7-14-20(15)21-2/h4-14H,3H2,1-2H3/q+1. The number of thioether (sulfide) groups is 1. The lowest BCUT2D eigenvalue weighted by molar-refractivity contribution is -0.886. The monoisotopic (exact) mass is 311 g/mol. The summed E-state index contributed by atoms with van der Waals surface area (Å²) in [5.41, 5.74) is 2.30. The number of hydrogen-bond acceptors (Lipinski definition) is 3. The zero-order valence-corrected chi connectivity index (χ0v) is 13.6. The Labute approximate surface area is 135 Å². The van der Waals surface area contributed by atoms with Gasteiger partial charge in [0.25, 0.3) is 5.69 Å². The molecule has 0 saturated carbocycles. The van der Waals surface area contributed by atoms with Crippen LogP contribution in [0, 0.1) is 0 Å². The van der Waals surface area contributed by atoms with E-state index >= 15 is 0 Å². The van der Waals surface area contributed by atoms with Gasteiger partial charge in [-0.3, -0.25) is 4.84 Å². The van der Waals surface area contributed by atoms with E-state index in [0.29, 0.717) is 0 Å². The Hall–Kier alpha value is -2.20. The van der Waals surface area contributed by atoms with Crippen LogP contribution in [-0.2, 0) is 0 Å². The fraction of sp³-hybridized carbons (Fsp3) is 0.167. The predicted molar refractivity (Wildman–Crippen MR) is 91.6 cm³/mol. The SMILES string of the molecule is CCN1/C(=C\C=C\c2cccc[n+]2OC)Sc2ccccc21. The van der Waals surface area contributed by atoms with Gasteiger partial charge in [0.2, 0.25) is 6.20 Å². The van der Waals surface area contributed by atoms with Gasteiger partial charge >= 0.3 is 0 Å². The minimum absolute atomic E-state index is 0.965. The van der Waals surface area contributed by atoms with Crippen LogP contribution in [0.15, 0.2) is 70.7 Å². The lowest BCUT2D eigenvalue weighted by Crippen LogP contribution is -2.42. The summed E-state index contributed by atoms with van der Waals surface area (Å²) < 4.78 is 1.74. The molecular weight excluding hydrogens is 292 g/mol. The molecule has 0 N–H and O–H groups in total. The second-order valence-corrected chi connectivity index (χ2v) is 5.87. The lowest BCUT2D eigenvalue weighted by Gasteiger charge is -2.17. The van der Waals surface area contributed by atoms with E-state index in [2.05, 4.69) is 48.2 Å². The third kappa shape index (κ3) is 2.88. The van der Waals surface area contributed by atoms with E-state index in [1.807, 2.05) is 42.2 Å². The van der Waals surface area contributed by atoms with Crippen molar-refractivity contribution >= 4 is 23.5 Å². The highest BCUT2D eigenvalue weighted by molar-refractivity contribution is 8.03. The molecule has 1 aliphatic rings. The van der Waals surface area contributed by atoms with Crippen LogP contribution in [0.4, 0.5) is 5.69 Å². The summed E-state index contributed by atoms with van der Waals surface area (Å²) in [5.74, 6) is 0. The lowest BCUT2D eigenvalue weighted by atomic mass is 10.3. The van der Waals surface area contributed by atoms with Crippen LogP contribution in [-0.4, -0.2) is 13.7 Å². The van der Waals surface area contributed by atoms with Gasteiger partial charge in [0.1, 0.15) is 7.11 Å². The molecule has 2 heterocycles. The Kier molecular flexibility index (Phi) is 4.49. The Morgan fingerprint density at radius 2 is 2.00 bits per heavy atom. The van der Waals surface area contributed by atoms with Crippen LogP contribution in [0.3, 0.4) is 0 Å². The van der Waals surface area contributed by atoms with Crippen LogP contribution in [0.2, 0.25) is 0 Å². The molecule has 112 valence electrons. The molecule has 0 bridgehead atoms. The Morgan fingerprint density at radius 3 is 2.82 bits per heavy atom. The number of anilines is 1. The first-order valence-electron chi connectivity index (χ1n) is 7.31. The highest BCUT2D eigenvalue weighted by atomic mass is 32.2. The first kappa shape index (κ1) is 14.7. The van der Waals surface area contributed by atoms with Gasteiger partial charge in [-0.1, -0.05) is 30.0 Å². The van der Waals surface area contributed by atoms with Crippen molar-refractivity contribution in [2.45, 2.75) is 11.8 Å².